The Labute approximate surface area is 178 Å². The molecule has 1 aromatic heterocycles. The van der Waals surface area contributed by atoms with Gasteiger partial charge in [0.1, 0.15) is 11.1 Å². The highest BCUT2D eigenvalue weighted by atomic mass is 32.1. The molecular formula is C21H20N4O4S. The van der Waals surface area contributed by atoms with Gasteiger partial charge < -0.3 is 14.1 Å². The molecule has 30 heavy (non-hydrogen) atoms. The fraction of sp³-hybridized carbons (Fsp3) is 0.238. The second kappa shape index (κ2) is 8.60. The average molecular weight is 424 g/mol. The number of rotatable bonds is 5. The van der Waals surface area contributed by atoms with Crippen molar-refractivity contribution in [3.8, 4) is 0 Å². The Morgan fingerprint density at radius 3 is 2.77 bits per heavy atom. The minimum Gasteiger partial charge on any atom is -0.436 e. The quantitative estimate of drug-likeness (QED) is 0.339. The highest BCUT2D eigenvalue weighted by Crippen LogP contribution is 2.25. The van der Waals surface area contributed by atoms with Crippen LogP contribution in [0.5, 0.6) is 0 Å². The lowest BCUT2D eigenvalue weighted by molar-refractivity contribution is -0.128. The number of morpholine rings is 1. The van der Waals surface area contributed by atoms with Gasteiger partial charge in [0.25, 0.3) is 11.8 Å². The van der Waals surface area contributed by atoms with E-state index in [-0.39, 0.29) is 17.2 Å². The van der Waals surface area contributed by atoms with Gasteiger partial charge >= 0.3 is 0 Å². The Morgan fingerprint density at radius 2 is 2.03 bits per heavy atom. The number of fused-ring (bicyclic) bond motifs is 1. The number of aromatic nitrogens is 1. The lowest BCUT2D eigenvalue weighted by Crippen LogP contribution is -2.54. The van der Waals surface area contributed by atoms with Crippen molar-refractivity contribution >= 4 is 45.8 Å². The summed E-state index contributed by atoms with van der Waals surface area (Å²) in [5, 5.41) is 2.61. The first-order valence-electron chi connectivity index (χ1n) is 9.46. The number of thiocarbonyl (C=S) groups is 1. The molecule has 9 heteroatoms. The van der Waals surface area contributed by atoms with Crippen molar-refractivity contribution in [2.45, 2.75) is 0 Å². The zero-order valence-corrected chi connectivity index (χ0v) is 17.0. The van der Waals surface area contributed by atoms with Crippen LogP contribution in [-0.4, -0.2) is 64.6 Å². The van der Waals surface area contributed by atoms with Gasteiger partial charge in [-0.05, 0) is 30.4 Å². The number of amides is 2. The van der Waals surface area contributed by atoms with E-state index >= 15 is 0 Å². The normalized spacial score (nSPS) is 19.5. The Bertz CT molecular complexity index is 1050. The lowest BCUT2D eigenvalue weighted by atomic mass is 10.1. The summed E-state index contributed by atoms with van der Waals surface area (Å²) < 4.78 is 11.3. The predicted molar refractivity (Wildman–Crippen MR) is 115 cm³/mol. The van der Waals surface area contributed by atoms with E-state index in [2.05, 4.69) is 16.9 Å². The summed E-state index contributed by atoms with van der Waals surface area (Å²) in [4.78, 5) is 33.3. The monoisotopic (exact) mass is 424 g/mol. The molecule has 0 bridgehead atoms. The summed E-state index contributed by atoms with van der Waals surface area (Å²) in [6, 6.07) is 7.37. The SMILES string of the molecule is C=CCN1C(=O)/C(=C/C(=C/N2CCOCC2)c2nc3ccccc3o2)C(=O)NC1=S. The van der Waals surface area contributed by atoms with Crippen LogP contribution in [0.25, 0.3) is 16.7 Å². The third-order valence-corrected chi connectivity index (χ3v) is 5.03. The molecule has 154 valence electrons. The number of allylic oxidation sites excluding steroid dienone is 2. The lowest BCUT2D eigenvalue weighted by Gasteiger charge is -2.28. The molecule has 0 saturated carbocycles. The van der Waals surface area contributed by atoms with Gasteiger partial charge in [-0.15, -0.1) is 6.58 Å². The highest BCUT2D eigenvalue weighted by Gasteiger charge is 2.33. The highest BCUT2D eigenvalue weighted by molar-refractivity contribution is 7.80. The second-order valence-corrected chi connectivity index (χ2v) is 7.13. The van der Waals surface area contributed by atoms with E-state index in [9.17, 15) is 9.59 Å². The molecular weight excluding hydrogens is 404 g/mol. The molecule has 3 heterocycles. The molecule has 8 nitrogen and oxygen atoms in total. The number of oxazole rings is 1. The molecule has 2 fully saturated rings. The Kier molecular flexibility index (Phi) is 5.73. The van der Waals surface area contributed by atoms with Crippen molar-refractivity contribution in [1.82, 2.24) is 20.1 Å². The maximum absolute atomic E-state index is 12.9. The van der Waals surface area contributed by atoms with E-state index in [1.165, 1.54) is 11.0 Å². The average Bonchev–Trinajstić information content (AvgIpc) is 3.18. The van der Waals surface area contributed by atoms with E-state index < -0.39 is 11.8 Å². The molecule has 1 aromatic carbocycles. The largest absolute Gasteiger partial charge is 0.436 e. The van der Waals surface area contributed by atoms with Gasteiger partial charge in [-0.1, -0.05) is 18.2 Å². The van der Waals surface area contributed by atoms with Crippen LogP contribution in [0.3, 0.4) is 0 Å². The van der Waals surface area contributed by atoms with Gasteiger partial charge in [0.2, 0.25) is 5.89 Å². The summed E-state index contributed by atoms with van der Waals surface area (Å²) in [5.41, 5.74) is 1.77. The fourth-order valence-electron chi connectivity index (χ4n) is 3.20. The summed E-state index contributed by atoms with van der Waals surface area (Å²) in [6.07, 6.45) is 4.88. The van der Waals surface area contributed by atoms with Crippen LogP contribution >= 0.6 is 12.2 Å². The van der Waals surface area contributed by atoms with E-state index in [0.717, 1.165) is 0 Å². The van der Waals surface area contributed by atoms with Gasteiger partial charge in [0.05, 0.1) is 18.8 Å². The molecule has 0 radical (unpaired) electrons. The Hall–Kier alpha value is -3.30. The third kappa shape index (κ3) is 4.03. The topological polar surface area (TPSA) is 87.9 Å². The molecule has 1 N–H and O–H groups in total. The number of nitrogens with zero attached hydrogens (tertiary/aromatic N) is 3. The van der Waals surface area contributed by atoms with Crippen molar-refractivity contribution in [3.05, 3.63) is 60.7 Å². The molecule has 0 spiro atoms. The van der Waals surface area contributed by atoms with E-state index in [1.54, 1.807) is 6.08 Å². The number of hydrogen-bond acceptors (Lipinski definition) is 7. The van der Waals surface area contributed by atoms with Gasteiger partial charge in [-0.2, -0.15) is 0 Å². The van der Waals surface area contributed by atoms with Crippen LogP contribution < -0.4 is 5.32 Å². The molecule has 4 rings (SSSR count). The van der Waals surface area contributed by atoms with Crippen LogP contribution in [0.2, 0.25) is 0 Å². The zero-order valence-electron chi connectivity index (χ0n) is 16.2. The maximum atomic E-state index is 12.9. The molecule has 2 amide bonds. The van der Waals surface area contributed by atoms with E-state index in [0.29, 0.717) is 48.9 Å². The number of benzene rings is 1. The predicted octanol–water partition coefficient (Wildman–Crippen LogP) is 1.86. The zero-order chi connectivity index (χ0) is 21.1. The molecule has 0 atom stereocenters. The molecule has 2 aromatic rings. The van der Waals surface area contributed by atoms with Gasteiger partial charge in [-0.3, -0.25) is 19.8 Å². The number of para-hydroxylation sites is 2. The van der Waals surface area contributed by atoms with Crippen LogP contribution in [0.15, 0.2) is 59.2 Å². The second-order valence-electron chi connectivity index (χ2n) is 6.74. The summed E-state index contributed by atoms with van der Waals surface area (Å²) in [6.45, 7) is 6.38. The molecule has 2 aliphatic rings. The minimum atomic E-state index is -0.561. The molecule has 0 aliphatic carbocycles. The van der Waals surface area contributed by atoms with Crippen molar-refractivity contribution in [2.24, 2.45) is 0 Å². The van der Waals surface area contributed by atoms with Crippen molar-refractivity contribution in [2.75, 3.05) is 32.8 Å². The first kappa shape index (κ1) is 20.0. The number of carbonyl (C=O) groups excluding carboxylic acids is 2. The fourth-order valence-corrected chi connectivity index (χ4v) is 3.45. The number of carbonyl (C=O) groups is 2. The van der Waals surface area contributed by atoms with E-state index in [4.69, 9.17) is 21.4 Å². The van der Waals surface area contributed by atoms with Crippen LogP contribution in [-0.2, 0) is 14.3 Å². The Balaban J connectivity index is 1.77. The third-order valence-electron chi connectivity index (χ3n) is 4.71. The van der Waals surface area contributed by atoms with Gasteiger partial charge in [-0.25, -0.2) is 4.98 Å². The molecule has 2 aliphatic heterocycles. The first-order chi connectivity index (χ1) is 14.6. The number of nitrogens with one attached hydrogen (secondary N) is 1. The number of hydrogen-bond donors (Lipinski definition) is 1. The van der Waals surface area contributed by atoms with Crippen LogP contribution in [0, 0.1) is 0 Å². The Morgan fingerprint density at radius 1 is 1.27 bits per heavy atom. The summed E-state index contributed by atoms with van der Waals surface area (Å²) >= 11 is 5.11. The standard InChI is InChI=1S/C21H20N4O4S/c1-2-7-25-20(27)15(18(26)23-21(25)30)12-14(13-24-8-10-28-11-9-24)19-22-16-5-3-4-6-17(16)29-19/h2-6,12-13H,1,7-11H2,(H,23,26,30)/b14-13-,15-12+. The molecule has 2 saturated heterocycles. The number of ether oxygens (including phenoxy) is 1. The van der Waals surface area contributed by atoms with Gasteiger partial charge in [0.15, 0.2) is 10.7 Å². The molecule has 0 unspecified atom stereocenters. The van der Waals surface area contributed by atoms with Crippen LogP contribution in [0.4, 0.5) is 0 Å². The van der Waals surface area contributed by atoms with Crippen molar-refractivity contribution < 1.29 is 18.7 Å². The summed E-state index contributed by atoms with van der Waals surface area (Å²) in [7, 11) is 0. The van der Waals surface area contributed by atoms with Crippen molar-refractivity contribution in [3.63, 3.8) is 0 Å². The van der Waals surface area contributed by atoms with Gasteiger partial charge in [0, 0.05) is 25.8 Å². The van der Waals surface area contributed by atoms with Crippen molar-refractivity contribution in [1.29, 1.82) is 0 Å². The first-order valence-corrected chi connectivity index (χ1v) is 9.87. The smallest absolute Gasteiger partial charge is 0.265 e. The van der Waals surface area contributed by atoms with E-state index in [1.807, 2.05) is 35.4 Å². The van der Waals surface area contributed by atoms with Crippen LogP contribution in [0.1, 0.15) is 5.89 Å². The summed E-state index contributed by atoms with van der Waals surface area (Å²) in [5.74, 6) is -0.735. The maximum Gasteiger partial charge on any atom is 0.265 e. The minimum absolute atomic E-state index is 0.0489.